The number of rotatable bonds is 1. The molecule has 0 spiro atoms. The molecule has 0 amide bonds. The van der Waals surface area contributed by atoms with E-state index in [1.165, 1.54) is 0 Å². The molecule has 2 N–H and O–H groups in total. The lowest BCUT2D eigenvalue weighted by Gasteiger charge is -2.02. The van der Waals surface area contributed by atoms with Gasteiger partial charge >= 0.3 is 0 Å². The average Bonchev–Trinajstić information content (AvgIpc) is 2.31. The molecule has 0 radical (unpaired) electrons. The molecule has 1 heterocycles. The van der Waals surface area contributed by atoms with Gasteiger partial charge in [0.2, 0.25) is 0 Å². The topological polar surface area (TPSA) is 54.7 Å². The van der Waals surface area contributed by atoms with Gasteiger partial charge in [0.25, 0.3) is 0 Å². The predicted molar refractivity (Wildman–Crippen MR) is 51.9 cm³/mol. The molecule has 3 nitrogen and oxygen atoms in total. The Hall–Kier alpha value is -1.87. The van der Waals surface area contributed by atoms with E-state index < -0.39 is 0 Å². The zero-order valence-electron chi connectivity index (χ0n) is 7.76. The second kappa shape index (κ2) is 3.25. The molecular weight excluding hydrogens is 162 g/mol. The lowest BCUT2D eigenvalue weighted by molar-refractivity contribution is 0.823. The van der Waals surface area contributed by atoms with Gasteiger partial charge in [-0.15, -0.1) is 6.42 Å². The number of hydrogen-bond acceptors (Lipinski definition) is 2. The molecule has 66 valence electrons. The number of nitrogen functional groups attached to an aromatic ring is 1. The number of hydrogen-bond donors (Lipinski definition) is 1. The Morgan fingerprint density at radius 3 is 2.54 bits per heavy atom. The van der Waals surface area contributed by atoms with Crippen LogP contribution in [0.2, 0.25) is 0 Å². The van der Waals surface area contributed by atoms with Gasteiger partial charge in [0, 0.05) is 5.69 Å². The van der Waals surface area contributed by atoms with Gasteiger partial charge < -0.3 is 10.3 Å². The predicted octanol–water partition coefficient (Wildman–Crippen LogP) is 1.19. The van der Waals surface area contributed by atoms with E-state index in [1.54, 1.807) is 4.57 Å². The molecule has 0 aliphatic carbocycles. The third kappa shape index (κ3) is 1.25. The van der Waals surface area contributed by atoms with E-state index in [0.717, 1.165) is 11.3 Å². The van der Waals surface area contributed by atoms with Crippen LogP contribution in [0.25, 0.3) is 0 Å². The zero-order chi connectivity index (χ0) is 10.0. The second-order valence-electron chi connectivity index (χ2n) is 2.87. The molecular formula is C10H11N3. The quantitative estimate of drug-likeness (QED) is 0.648. The van der Waals surface area contributed by atoms with Crippen molar-refractivity contribution in [1.29, 1.82) is 5.26 Å². The van der Waals surface area contributed by atoms with Crippen LogP contribution in [-0.2, 0) is 6.54 Å². The van der Waals surface area contributed by atoms with E-state index in [4.69, 9.17) is 17.4 Å². The molecule has 0 atom stereocenters. The average molecular weight is 173 g/mol. The normalized spacial score (nSPS) is 9.23. The van der Waals surface area contributed by atoms with Crippen LogP contribution in [0.5, 0.6) is 0 Å². The first-order chi connectivity index (χ1) is 6.13. The number of nitrogens with two attached hydrogens (primary N) is 1. The van der Waals surface area contributed by atoms with Crippen molar-refractivity contribution in [3.8, 4) is 18.4 Å². The van der Waals surface area contributed by atoms with Crippen molar-refractivity contribution in [3.05, 3.63) is 16.8 Å². The summed E-state index contributed by atoms with van der Waals surface area (Å²) in [5, 5.41) is 8.81. The highest BCUT2D eigenvalue weighted by Gasteiger charge is 2.13. The Balaban J connectivity index is 3.40. The van der Waals surface area contributed by atoms with E-state index >= 15 is 0 Å². The third-order valence-electron chi connectivity index (χ3n) is 2.23. The van der Waals surface area contributed by atoms with Gasteiger partial charge in [-0.2, -0.15) is 5.26 Å². The molecule has 1 aromatic heterocycles. The smallest absolute Gasteiger partial charge is 0.122 e. The van der Waals surface area contributed by atoms with Gasteiger partial charge in [-0.05, 0) is 19.4 Å². The standard InChI is InChI=1S/C10H11N3/c1-4-5-13-8(3)7(2)9(6-11)10(13)12/h1H,5,12H2,2-3H3. The summed E-state index contributed by atoms with van der Waals surface area (Å²) in [5.74, 6) is 2.97. The van der Waals surface area contributed by atoms with E-state index in [-0.39, 0.29) is 0 Å². The molecule has 3 heteroatoms. The van der Waals surface area contributed by atoms with E-state index in [9.17, 15) is 0 Å². The number of terminal acetylenes is 1. The Kier molecular flexibility index (Phi) is 2.30. The highest BCUT2D eigenvalue weighted by Crippen LogP contribution is 2.22. The van der Waals surface area contributed by atoms with E-state index in [0.29, 0.717) is 17.9 Å². The Morgan fingerprint density at radius 1 is 1.54 bits per heavy atom. The van der Waals surface area contributed by atoms with Crippen molar-refractivity contribution in [2.24, 2.45) is 0 Å². The first-order valence-corrected chi connectivity index (χ1v) is 3.92. The van der Waals surface area contributed by atoms with Crippen molar-refractivity contribution in [2.45, 2.75) is 20.4 Å². The van der Waals surface area contributed by atoms with Gasteiger partial charge in [0.15, 0.2) is 0 Å². The van der Waals surface area contributed by atoms with Gasteiger partial charge in [-0.25, -0.2) is 0 Å². The summed E-state index contributed by atoms with van der Waals surface area (Å²) in [4.78, 5) is 0. The summed E-state index contributed by atoms with van der Waals surface area (Å²) in [6, 6.07) is 2.07. The summed E-state index contributed by atoms with van der Waals surface area (Å²) >= 11 is 0. The van der Waals surface area contributed by atoms with Gasteiger partial charge in [-0.1, -0.05) is 5.92 Å². The maximum Gasteiger partial charge on any atom is 0.122 e. The zero-order valence-corrected chi connectivity index (χ0v) is 7.76. The minimum atomic E-state index is 0.417. The highest BCUT2D eigenvalue weighted by molar-refractivity contribution is 5.57. The molecule has 0 saturated heterocycles. The van der Waals surface area contributed by atoms with Crippen LogP contribution in [0.4, 0.5) is 5.82 Å². The third-order valence-corrected chi connectivity index (χ3v) is 2.23. The molecule has 0 bridgehead atoms. The maximum atomic E-state index is 8.81. The Morgan fingerprint density at radius 2 is 2.15 bits per heavy atom. The number of anilines is 1. The van der Waals surface area contributed by atoms with Crippen LogP contribution in [-0.4, -0.2) is 4.57 Å². The first kappa shape index (κ1) is 9.22. The van der Waals surface area contributed by atoms with Crippen molar-refractivity contribution in [1.82, 2.24) is 4.57 Å². The van der Waals surface area contributed by atoms with Crippen molar-refractivity contribution in [2.75, 3.05) is 5.73 Å². The largest absolute Gasteiger partial charge is 0.384 e. The lowest BCUT2D eigenvalue weighted by atomic mass is 10.2. The molecule has 0 saturated carbocycles. The fraction of sp³-hybridized carbons (Fsp3) is 0.300. The maximum absolute atomic E-state index is 8.81. The van der Waals surface area contributed by atoms with Crippen LogP contribution in [0.15, 0.2) is 0 Å². The molecule has 0 aliphatic heterocycles. The van der Waals surface area contributed by atoms with Gasteiger partial charge in [-0.3, -0.25) is 0 Å². The summed E-state index contributed by atoms with van der Waals surface area (Å²) in [6.45, 7) is 4.20. The molecule has 0 aliphatic rings. The van der Waals surface area contributed by atoms with Crippen LogP contribution in [0, 0.1) is 37.5 Å². The van der Waals surface area contributed by atoms with Gasteiger partial charge in [0.1, 0.15) is 11.9 Å². The Bertz CT molecular complexity index is 413. The summed E-state index contributed by atoms with van der Waals surface area (Å²) in [5.41, 5.74) is 8.16. The number of aromatic nitrogens is 1. The van der Waals surface area contributed by atoms with Crippen molar-refractivity contribution < 1.29 is 0 Å². The minimum absolute atomic E-state index is 0.417. The monoisotopic (exact) mass is 173 g/mol. The van der Waals surface area contributed by atoms with Crippen LogP contribution < -0.4 is 5.73 Å². The number of nitrogens with zero attached hydrogens (tertiary/aromatic N) is 2. The second-order valence-corrected chi connectivity index (χ2v) is 2.87. The van der Waals surface area contributed by atoms with Crippen LogP contribution >= 0.6 is 0 Å². The van der Waals surface area contributed by atoms with E-state index in [2.05, 4.69) is 12.0 Å². The van der Waals surface area contributed by atoms with E-state index in [1.807, 2.05) is 13.8 Å². The van der Waals surface area contributed by atoms with Crippen LogP contribution in [0.3, 0.4) is 0 Å². The molecule has 0 aromatic carbocycles. The van der Waals surface area contributed by atoms with Crippen molar-refractivity contribution >= 4 is 5.82 Å². The van der Waals surface area contributed by atoms with Crippen molar-refractivity contribution in [3.63, 3.8) is 0 Å². The minimum Gasteiger partial charge on any atom is -0.384 e. The van der Waals surface area contributed by atoms with Crippen LogP contribution in [0.1, 0.15) is 16.8 Å². The summed E-state index contributed by atoms with van der Waals surface area (Å²) in [7, 11) is 0. The highest BCUT2D eigenvalue weighted by atomic mass is 15.1. The fourth-order valence-corrected chi connectivity index (χ4v) is 1.33. The molecule has 0 unspecified atom stereocenters. The first-order valence-electron chi connectivity index (χ1n) is 3.92. The molecule has 1 aromatic rings. The molecule has 13 heavy (non-hydrogen) atoms. The SMILES string of the molecule is C#CCn1c(C)c(C)c(C#N)c1N. The lowest BCUT2D eigenvalue weighted by Crippen LogP contribution is -2.03. The summed E-state index contributed by atoms with van der Waals surface area (Å²) < 4.78 is 1.77. The molecule has 1 rings (SSSR count). The fourth-order valence-electron chi connectivity index (χ4n) is 1.33. The van der Waals surface area contributed by atoms with Gasteiger partial charge in [0.05, 0.1) is 12.1 Å². The Labute approximate surface area is 77.8 Å². The molecule has 0 fully saturated rings. The number of nitriles is 1. The summed E-state index contributed by atoms with van der Waals surface area (Å²) in [6.07, 6.45) is 5.19.